The van der Waals surface area contributed by atoms with Crippen LogP contribution < -0.4 is 5.73 Å². The van der Waals surface area contributed by atoms with Crippen LogP contribution in [0.4, 0.5) is 4.39 Å². The van der Waals surface area contributed by atoms with E-state index in [9.17, 15) is 4.39 Å². The SMILES string of the molecule is NC(CSc1ccc(F)cc1)Cc1cc(Cl)ccc1Cl. The van der Waals surface area contributed by atoms with Crippen LogP contribution in [-0.2, 0) is 6.42 Å². The molecule has 0 aromatic heterocycles. The lowest BCUT2D eigenvalue weighted by atomic mass is 10.1. The zero-order chi connectivity index (χ0) is 14.5. The van der Waals surface area contributed by atoms with Crippen LogP contribution in [0, 0.1) is 5.82 Å². The van der Waals surface area contributed by atoms with Crippen LogP contribution in [0.25, 0.3) is 0 Å². The highest BCUT2D eigenvalue weighted by atomic mass is 35.5. The molecule has 0 amide bonds. The van der Waals surface area contributed by atoms with Crippen LogP contribution in [0.3, 0.4) is 0 Å². The fourth-order valence-corrected chi connectivity index (χ4v) is 3.02. The molecule has 1 nitrogen and oxygen atoms in total. The second-order valence-corrected chi connectivity index (χ2v) is 6.40. The van der Waals surface area contributed by atoms with Gasteiger partial charge in [0.25, 0.3) is 0 Å². The van der Waals surface area contributed by atoms with Gasteiger partial charge >= 0.3 is 0 Å². The maximum Gasteiger partial charge on any atom is 0.123 e. The van der Waals surface area contributed by atoms with Crippen molar-refractivity contribution in [2.45, 2.75) is 17.4 Å². The zero-order valence-electron chi connectivity index (χ0n) is 10.7. The number of benzene rings is 2. The quantitative estimate of drug-likeness (QED) is 0.798. The third-order valence-electron chi connectivity index (χ3n) is 2.77. The lowest BCUT2D eigenvalue weighted by Gasteiger charge is -2.12. The molecule has 0 bridgehead atoms. The largest absolute Gasteiger partial charge is 0.327 e. The standard InChI is InChI=1S/C15H14Cl2FNS/c16-11-1-6-15(17)10(7-11)8-13(19)9-20-14-4-2-12(18)3-5-14/h1-7,13H,8-9,19H2. The number of rotatable bonds is 5. The molecule has 106 valence electrons. The van der Waals surface area contributed by atoms with E-state index in [2.05, 4.69) is 0 Å². The highest BCUT2D eigenvalue weighted by Gasteiger charge is 2.09. The fraction of sp³-hybridized carbons (Fsp3) is 0.200. The minimum Gasteiger partial charge on any atom is -0.327 e. The minimum absolute atomic E-state index is 0.0407. The smallest absolute Gasteiger partial charge is 0.123 e. The molecule has 0 aliphatic rings. The van der Waals surface area contributed by atoms with Gasteiger partial charge in [-0.25, -0.2) is 4.39 Å². The normalized spacial score (nSPS) is 12.4. The average Bonchev–Trinajstić information content (AvgIpc) is 2.42. The van der Waals surface area contributed by atoms with E-state index in [1.807, 2.05) is 6.07 Å². The summed E-state index contributed by atoms with van der Waals surface area (Å²) in [6, 6.07) is 11.7. The second kappa shape index (κ2) is 7.32. The van der Waals surface area contributed by atoms with E-state index < -0.39 is 0 Å². The summed E-state index contributed by atoms with van der Waals surface area (Å²) in [7, 11) is 0. The lowest BCUT2D eigenvalue weighted by molar-refractivity contribution is 0.626. The van der Waals surface area contributed by atoms with Crippen LogP contribution in [0.15, 0.2) is 47.4 Å². The first-order chi connectivity index (χ1) is 9.54. The summed E-state index contributed by atoms with van der Waals surface area (Å²) >= 11 is 13.7. The van der Waals surface area contributed by atoms with Gasteiger partial charge < -0.3 is 5.73 Å². The molecular weight excluding hydrogens is 316 g/mol. The van der Waals surface area contributed by atoms with Crippen molar-refractivity contribution >= 4 is 35.0 Å². The highest BCUT2D eigenvalue weighted by molar-refractivity contribution is 7.99. The molecule has 0 saturated carbocycles. The fourth-order valence-electron chi connectivity index (χ4n) is 1.78. The predicted octanol–water partition coefficient (Wildman–Crippen LogP) is 4.79. The van der Waals surface area contributed by atoms with Gasteiger partial charge in [0.05, 0.1) is 0 Å². The van der Waals surface area contributed by atoms with Crippen molar-refractivity contribution in [1.29, 1.82) is 0 Å². The van der Waals surface area contributed by atoms with Crippen molar-refractivity contribution in [3.05, 3.63) is 63.9 Å². The van der Waals surface area contributed by atoms with Gasteiger partial charge in [0.2, 0.25) is 0 Å². The van der Waals surface area contributed by atoms with E-state index >= 15 is 0 Å². The first kappa shape index (κ1) is 15.6. The van der Waals surface area contributed by atoms with Gasteiger partial charge in [-0.1, -0.05) is 23.2 Å². The van der Waals surface area contributed by atoms with Crippen LogP contribution in [0.1, 0.15) is 5.56 Å². The van der Waals surface area contributed by atoms with E-state index in [0.29, 0.717) is 16.5 Å². The molecule has 0 fully saturated rings. The Morgan fingerprint density at radius 2 is 1.80 bits per heavy atom. The van der Waals surface area contributed by atoms with Crippen LogP contribution in [0.2, 0.25) is 10.0 Å². The summed E-state index contributed by atoms with van der Waals surface area (Å²) in [5.41, 5.74) is 7.06. The average molecular weight is 330 g/mol. The monoisotopic (exact) mass is 329 g/mol. The Kier molecular flexibility index (Phi) is 5.73. The molecule has 2 N–H and O–H groups in total. The minimum atomic E-state index is -0.232. The number of hydrogen-bond donors (Lipinski definition) is 1. The molecule has 0 aliphatic heterocycles. The molecule has 1 atom stereocenters. The Morgan fingerprint density at radius 3 is 2.50 bits per heavy atom. The summed E-state index contributed by atoms with van der Waals surface area (Å²) < 4.78 is 12.8. The maximum atomic E-state index is 12.8. The Labute approximate surface area is 132 Å². The Hall–Kier alpha value is -0.740. The molecule has 0 saturated heterocycles. The van der Waals surface area contributed by atoms with Crippen molar-refractivity contribution in [3.63, 3.8) is 0 Å². The van der Waals surface area contributed by atoms with E-state index in [0.717, 1.165) is 16.2 Å². The van der Waals surface area contributed by atoms with Crippen LogP contribution >= 0.6 is 35.0 Å². The van der Waals surface area contributed by atoms with E-state index in [-0.39, 0.29) is 11.9 Å². The number of halogens is 3. The summed E-state index contributed by atoms with van der Waals surface area (Å²) in [5, 5.41) is 1.33. The molecule has 0 aliphatic carbocycles. The number of thioether (sulfide) groups is 1. The Morgan fingerprint density at radius 1 is 1.10 bits per heavy atom. The van der Waals surface area contributed by atoms with Crippen molar-refractivity contribution in [1.82, 2.24) is 0 Å². The van der Waals surface area contributed by atoms with Crippen molar-refractivity contribution in [2.75, 3.05) is 5.75 Å². The third kappa shape index (κ3) is 4.67. The summed E-state index contributed by atoms with van der Waals surface area (Å²) in [6.07, 6.45) is 0.660. The molecule has 5 heteroatoms. The van der Waals surface area contributed by atoms with Gasteiger partial charge in [-0.2, -0.15) is 0 Å². The highest BCUT2D eigenvalue weighted by Crippen LogP contribution is 2.24. The first-order valence-corrected chi connectivity index (χ1v) is 7.86. The first-order valence-electron chi connectivity index (χ1n) is 6.12. The van der Waals surface area contributed by atoms with Crippen molar-refractivity contribution in [2.24, 2.45) is 5.73 Å². The van der Waals surface area contributed by atoms with E-state index in [1.54, 1.807) is 36.0 Å². The zero-order valence-corrected chi connectivity index (χ0v) is 13.0. The van der Waals surface area contributed by atoms with Gasteiger partial charge in [-0.05, 0) is 54.4 Å². The summed E-state index contributed by atoms with van der Waals surface area (Å²) in [5.74, 6) is 0.499. The van der Waals surface area contributed by atoms with Gasteiger partial charge in [0.15, 0.2) is 0 Å². The lowest BCUT2D eigenvalue weighted by Crippen LogP contribution is -2.25. The molecule has 0 heterocycles. The number of hydrogen-bond acceptors (Lipinski definition) is 2. The van der Waals surface area contributed by atoms with Crippen molar-refractivity contribution < 1.29 is 4.39 Å². The maximum absolute atomic E-state index is 12.8. The predicted molar refractivity (Wildman–Crippen MR) is 85.3 cm³/mol. The number of nitrogens with two attached hydrogens (primary N) is 1. The molecule has 0 radical (unpaired) electrons. The third-order valence-corrected chi connectivity index (χ3v) is 4.57. The summed E-state index contributed by atoms with van der Waals surface area (Å²) in [6.45, 7) is 0. The van der Waals surface area contributed by atoms with Gasteiger partial charge in [0.1, 0.15) is 5.82 Å². The molecule has 2 rings (SSSR count). The molecule has 2 aromatic carbocycles. The molecule has 2 aromatic rings. The van der Waals surface area contributed by atoms with Crippen LogP contribution in [-0.4, -0.2) is 11.8 Å². The molecule has 1 unspecified atom stereocenters. The van der Waals surface area contributed by atoms with E-state index in [4.69, 9.17) is 28.9 Å². The van der Waals surface area contributed by atoms with Gasteiger partial charge in [0, 0.05) is 26.7 Å². The van der Waals surface area contributed by atoms with Gasteiger partial charge in [-0.3, -0.25) is 0 Å². The van der Waals surface area contributed by atoms with Gasteiger partial charge in [-0.15, -0.1) is 11.8 Å². The van der Waals surface area contributed by atoms with Crippen LogP contribution in [0.5, 0.6) is 0 Å². The Balaban J connectivity index is 1.90. The summed E-state index contributed by atoms with van der Waals surface area (Å²) in [4.78, 5) is 0.999. The van der Waals surface area contributed by atoms with Crippen molar-refractivity contribution in [3.8, 4) is 0 Å². The topological polar surface area (TPSA) is 26.0 Å². The van der Waals surface area contributed by atoms with E-state index in [1.165, 1.54) is 12.1 Å². The Bertz CT molecular complexity index is 575. The molecule has 0 spiro atoms. The molecular formula is C15H14Cl2FNS. The second-order valence-electron chi connectivity index (χ2n) is 4.46. The molecule has 20 heavy (non-hydrogen) atoms.